The maximum absolute atomic E-state index is 13.3. The van der Waals surface area contributed by atoms with Gasteiger partial charge in [-0.3, -0.25) is 4.31 Å². The molecule has 4 nitrogen and oxygen atoms in total. The number of anilines is 1. The number of rotatable bonds is 4. The lowest BCUT2D eigenvalue weighted by Gasteiger charge is -2.20. The summed E-state index contributed by atoms with van der Waals surface area (Å²) in [5.41, 5.74) is 0.0218. The number of halogens is 2. The highest BCUT2D eigenvalue weighted by molar-refractivity contribution is 7.92. The van der Waals surface area contributed by atoms with Crippen LogP contribution in [0.5, 0.6) is 0 Å². The molecule has 0 radical (unpaired) electrons. The molecule has 2 rings (SSSR count). The first-order chi connectivity index (χ1) is 9.86. The molecule has 0 spiro atoms. The highest BCUT2D eigenvalue weighted by atomic mass is 32.2. The Bertz CT molecular complexity index is 763. The number of benzene rings is 2. The van der Waals surface area contributed by atoms with Crippen LogP contribution < -0.4 is 4.31 Å². The Morgan fingerprint density at radius 2 is 1.86 bits per heavy atom. The molecule has 0 aliphatic heterocycles. The summed E-state index contributed by atoms with van der Waals surface area (Å²) in [6.07, 6.45) is 0. The minimum atomic E-state index is -3.97. The van der Waals surface area contributed by atoms with Gasteiger partial charge in [0.05, 0.1) is 17.2 Å². The summed E-state index contributed by atoms with van der Waals surface area (Å²) in [5.74, 6) is -1.26. The summed E-state index contributed by atoms with van der Waals surface area (Å²) < 4.78 is 52.2. The van der Waals surface area contributed by atoms with Gasteiger partial charge in [-0.15, -0.1) is 0 Å². The molecule has 7 heteroatoms. The fourth-order valence-corrected chi connectivity index (χ4v) is 3.04. The maximum atomic E-state index is 13.3. The van der Waals surface area contributed by atoms with Crippen LogP contribution in [0.1, 0.15) is 5.56 Å². The normalized spacial score (nSPS) is 11.4. The van der Waals surface area contributed by atoms with E-state index in [2.05, 4.69) is 0 Å². The average Bonchev–Trinajstić information content (AvgIpc) is 2.46. The largest absolute Gasteiger partial charge is 0.392 e. The maximum Gasteiger partial charge on any atom is 0.264 e. The first-order valence-corrected chi connectivity index (χ1v) is 7.44. The molecule has 0 heterocycles. The third-order valence-corrected chi connectivity index (χ3v) is 4.80. The first kappa shape index (κ1) is 15.4. The van der Waals surface area contributed by atoms with Crippen LogP contribution in [0.4, 0.5) is 14.5 Å². The molecular formula is C14H13F2NO3S. The summed E-state index contributed by atoms with van der Waals surface area (Å²) in [4.78, 5) is -0.181. The molecular weight excluding hydrogens is 300 g/mol. The Balaban J connectivity index is 2.46. The molecule has 21 heavy (non-hydrogen) atoms. The minimum absolute atomic E-state index is 0.122. The quantitative estimate of drug-likeness (QED) is 0.942. The van der Waals surface area contributed by atoms with Gasteiger partial charge in [0.1, 0.15) is 11.6 Å². The molecule has 0 bridgehead atoms. The first-order valence-electron chi connectivity index (χ1n) is 6.00. The van der Waals surface area contributed by atoms with Crippen LogP contribution >= 0.6 is 0 Å². The predicted octanol–water partition coefficient (Wildman–Crippen LogP) is 2.28. The summed E-state index contributed by atoms with van der Waals surface area (Å²) >= 11 is 0. The molecule has 0 saturated carbocycles. The van der Waals surface area contributed by atoms with Gasteiger partial charge >= 0.3 is 0 Å². The Kier molecular flexibility index (Phi) is 4.24. The van der Waals surface area contributed by atoms with Gasteiger partial charge in [0.15, 0.2) is 0 Å². The number of aliphatic hydroxyl groups excluding tert-OH is 1. The van der Waals surface area contributed by atoms with E-state index in [0.29, 0.717) is 0 Å². The van der Waals surface area contributed by atoms with E-state index in [1.165, 1.54) is 25.2 Å². The molecule has 2 aromatic carbocycles. The molecule has 112 valence electrons. The fourth-order valence-electron chi connectivity index (χ4n) is 1.80. The SMILES string of the molecule is CN(c1cccc(F)c1)S(=O)(=O)c1ccc(F)c(CO)c1. The zero-order valence-corrected chi connectivity index (χ0v) is 11.9. The van der Waals surface area contributed by atoms with E-state index < -0.39 is 28.3 Å². The van der Waals surface area contributed by atoms with Crippen molar-refractivity contribution in [1.29, 1.82) is 0 Å². The number of aliphatic hydroxyl groups is 1. The zero-order chi connectivity index (χ0) is 15.6. The molecule has 0 atom stereocenters. The Morgan fingerprint density at radius 1 is 1.14 bits per heavy atom. The highest BCUT2D eigenvalue weighted by Gasteiger charge is 2.22. The lowest BCUT2D eigenvalue weighted by atomic mass is 10.2. The van der Waals surface area contributed by atoms with Gasteiger partial charge in [-0.1, -0.05) is 6.07 Å². The van der Waals surface area contributed by atoms with Crippen molar-refractivity contribution in [2.75, 3.05) is 11.4 Å². The van der Waals surface area contributed by atoms with E-state index in [4.69, 9.17) is 5.11 Å². The van der Waals surface area contributed by atoms with E-state index in [1.54, 1.807) is 0 Å². The van der Waals surface area contributed by atoms with Crippen LogP contribution in [0.2, 0.25) is 0 Å². The summed E-state index contributed by atoms with van der Waals surface area (Å²) in [6, 6.07) is 8.23. The van der Waals surface area contributed by atoms with E-state index in [1.807, 2.05) is 0 Å². The lowest BCUT2D eigenvalue weighted by Crippen LogP contribution is -2.26. The van der Waals surface area contributed by atoms with E-state index in [0.717, 1.165) is 28.6 Å². The van der Waals surface area contributed by atoms with Crippen LogP contribution in [0.15, 0.2) is 47.4 Å². The van der Waals surface area contributed by atoms with Crippen molar-refractivity contribution in [3.63, 3.8) is 0 Å². The molecule has 0 saturated heterocycles. The van der Waals surface area contributed by atoms with Gasteiger partial charge in [0.2, 0.25) is 0 Å². The zero-order valence-electron chi connectivity index (χ0n) is 11.1. The highest BCUT2D eigenvalue weighted by Crippen LogP contribution is 2.24. The summed E-state index contributed by atoms with van der Waals surface area (Å²) in [7, 11) is -2.70. The van der Waals surface area contributed by atoms with Crippen LogP contribution in [-0.2, 0) is 16.6 Å². The second-order valence-electron chi connectivity index (χ2n) is 4.36. The molecule has 1 N–H and O–H groups in total. The van der Waals surface area contributed by atoms with Gasteiger partial charge in [-0.25, -0.2) is 17.2 Å². The molecule has 0 fully saturated rings. The van der Waals surface area contributed by atoms with Crippen molar-refractivity contribution in [2.45, 2.75) is 11.5 Å². The molecule has 0 unspecified atom stereocenters. The summed E-state index contributed by atoms with van der Waals surface area (Å²) in [5, 5.41) is 9.00. The minimum Gasteiger partial charge on any atom is -0.392 e. The monoisotopic (exact) mass is 313 g/mol. The molecule has 0 aliphatic carbocycles. The fraction of sp³-hybridized carbons (Fsp3) is 0.143. The van der Waals surface area contributed by atoms with Crippen LogP contribution in [0.3, 0.4) is 0 Å². The molecule has 0 aromatic heterocycles. The number of nitrogens with zero attached hydrogens (tertiary/aromatic N) is 1. The Labute approximate surface area is 121 Å². The van der Waals surface area contributed by atoms with Crippen molar-refractivity contribution in [3.8, 4) is 0 Å². The number of sulfonamides is 1. The van der Waals surface area contributed by atoms with Gasteiger partial charge in [0.25, 0.3) is 10.0 Å². The van der Waals surface area contributed by atoms with Gasteiger partial charge in [-0.05, 0) is 36.4 Å². The number of hydrogen-bond donors (Lipinski definition) is 1. The topological polar surface area (TPSA) is 57.6 Å². The second-order valence-corrected chi connectivity index (χ2v) is 6.33. The number of hydrogen-bond acceptors (Lipinski definition) is 3. The average molecular weight is 313 g/mol. The summed E-state index contributed by atoms with van der Waals surface area (Å²) in [6.45, 7) is -0.612. The van der Waals surface area contributed by atoms with Crippen LogP contribution in [0, 0.1) is 11.6 Å². The molecule has 2 aromatic rings. The van der Waals surface area contributed by atoms with Gasteiger partial charge < -0.3 is 5.11 Å². The van der Waals surface area contributed by atoms with Crippen molar-refractivity contribution >= 4 is 15.7 Å². The van der Waals surface area contributed by atoms with Gasteiger partial charge in [-0.2, -0.15) is 0 Å². The molecule has 0 aliphatic rings. The third kappa shape index (κ3) is 3.03. The van der Waals surface area contributed by atoms with E-state index >= 15 is 0 Å². The van der Waals surface area contributed by atoms with E-state index in [-0.39, 0.29) is 16.1 Å². The standard InChI is InChI=1S/C14H13F2NO3S/c1-17(12-4-2-3-11(15)8-12)21(19,20)13-5-6-14(16)10(7-13)9-18/h2-8,18H,9H2,1H3. The van der Waals surface area contributed by atoms with Crippen molar-refractivity contribution in [1.82, 2.24) is 0 Å². The molecule has 0 amide bonds. The van der Waals surface area contributed by atoms with Crippen molar-refractivity contribution < 1.29 is 22.3 Å². The third-order valence-electron chi connectivity index (χ3n) is 3.02. The van der Waals surface area contributed by atoms with Crippen LogP contribution in [-0.4, -0.2) is 20.6 Å². The predicted molar refractivity (Wildman–Crippen MR) is 74.3 cm³/mol. The van der Waals surface area contributed by atoms with Gasteiger partial charge in [0, 0.05) is 12.6 Å². The van der Waals surface area contributed by atoms with Crippen LogP contribution in [0.25, 0.3) is 0 Å². The lowest BCUT2D eigenvalue weighted by molar-refractivity contribution is 0.275. The van der Waals surface area contributed by atoms with Crippen molar-refractivity contribution in [3.05, 3.63) is 59.7 Å². The second kappa shape index (κ2) is 5.79. The Morgan fingerprint density at radius 3 is 2.48 bits per heavy atom. The smallest absolute Gasteiger partial charge is 0.264 e. The Hall–Kier alpha value is -1.99. The van der Waals surface area contributed by atoms with E-state index in [9.17, 15) is 17.2 Å². The van der Waals surface area contributed by atoms with Crippen molar-refractivity contribution in [2.24, 2.45) is 0 Å².